The van der Waals surface area contributed by atoms with E-state index in [0.717, 1.165) is 25.1 Å². The van der Waals surface area contributed by atoms with Gasteiger partial charge >= 0.3 is 6.41 Å². The highest BCUT2D eigenvalue weighted by Gasteiger charge is 2.15. The molecule has 0 N–H and O–H groups in total. The quantitative estimate of drug-likeness (QED) is 0.636. The summed E-state index contributed by atoms with van der Waals surface area (Å²) in [5.74, 6) is 0. The Morgan fingerprint density at radius 3 is 3.08 bits per heavy atom. The first-order valence-corrected chi connectivity index (χ1v) is 4.56. The molecule has 0 aromatic heterocycles. The van der Waals surface area contributed by atoms with Gasteiger partial charge in [0.05, 0.1) is 0 Å². The summed E-state index contributed by atoms with van der Waals surface area (Å²) in [6.45, 7) is 2.88. The molecule has 2 rings (SSSR count). The van der Waals surface area contributed by atoms with E-state index in [-0.39, 0.29) is 0 Å². The lowest BCUT2D eigenvalue weighted by Gasteiger charge is -2.25. The van der Waals surface area contributed by atoms with Crippen LogP contribution in [0, 0.1) is 6.92 Å². The minimum Gasteiger partial charge on any atom is -0.304 e. The van der Waals surface area contributed by atoms with Crippen LogP contribution in [0.5, 0.6) is 0 Å². The number of fused-ring (bicyclic) bond motifs is 1. The SMILES string of the molecule is Cc1ccc2c(c1)CCCN2[C]=O. The van der Waals surface area contributed by atoms with Gasteiger partial charge in [-0.25, -0.2) is 0 Å². The minimum atomic E-state index is 0.805. The third-order valence-corrected chi connectivity index (χ3v) is 2.46. The van der Waals surface area contributed by atoms with E-state index in [1.165, 1.54) is 11.1 Å². The maximum atomic E-state index is 10.6. The fourth-order valence-corrected chi connectivity index (χ4v) is 1.82. The molecule has 0 bridgehead atoms. The van der Waals surface area contributed by atoms with Crippen molar-refractivity contribution in [3.63, 3.8) is 0 Å². The summed E-state index contributed by atoms with van der Waals surface area (Å²) in [5.41, 5.74) is 3.56. The van der Waals surface area contributed by atoms with Crippen LogP contribution in [0.15, 0.2) is 18.2 Å². The summed E-state index contributed by atoms with van der Waals surface area (Å²) >= 11 is 0. The highest BCUT2D eigenvalue weighted by Crippen LogP contribution is 2.26. The highest BCUT2D eigenvalue weighted by molar-refractivity contribution is 5.78. The fraction of sp³-hybridized carbons (Fsp3) is 0.364. The van der Waals surface area contributed by atoms with Gasteiger partial charge < -0.3 is 4.90 Å². The van der Waals surface area contributed by atoms with Crippen LogP contribution >= 0.6 is 0 Å². The molecule has 0 unspecified atom stereocenters. The number of benzene rings is 1. The smallest absolute Gasteiger partial charge is 0.304 e. The molecule has 1 heterocycles. The van der Waals surface area contributed by atoms with Crippen molar-refractivity contribution in [3.05, 3.63) is 29.3 Å². The van der Waals surface area contributed by atoms with E-state index in [1.807, 2.05) is 18.5 Å². The average molecular weight is 174 g/mol. The van der Waals surface area contributed by atoms with Crippen molar-refractivity contribution >= 4 is 12.1 Å². The van der Waals surface area contributed by atoms with Crippen LogP contribution in [0.1, 0.15) is 17.5 Å². The van der Waals surface area contributed by atoms with Crippen LogP contribution in [0.25, 0.3) is 0 Å². The molecular weight excluding hydrogens is 162 g/mol. The number of nitrogens with zero attached hydrogens (tertiary/aromatic N) is 1. The van der Waals surface area contributed by atoms with Gasteiger partial charge in [-0.05, 0) is 31.4 Å². The molecule has 0 spiro atoms. The van der Waals surface area contributed by atoms with Crippen LogP contribution < -0.4 is 4.90 Å². The molecule has 13 heavy (non-hydrogen) atoms. The van der Waals surface area contributed by atoms with E-state index in [0.29, 0.717) is 0 Å². The molecule has 0 fully saturated rings. The van der Waals surface area contributed by atoms with Crippen LogP contribution in [0.2, 0.25) is 0 Å². The second-order valence-corrected chi connectivity index (χ2v) is 3.48. The van der Waals surface area contributed by atoms with Gasteiger partial charge in [0.1, 0.15) is 0 Å². The van der Waals surface area contributed by atoms with Gasteiger partial charge in [-0.15, -0.1) is 0 Å². The number of rotatable bonds is 1. The van der Waals surface area contributed by atoms with Crippen molar-refractivity contribution in [2.75, 3.05) is 11.4 Å². The Morgan fingerprint density at radius 1 is 1.46 bits per heavy atom. The van der Waals surface area contributed by atoms with Crippen LogP contribution in [-0.4, -0.2) is 13.0 Å². The van der Waals surface area contributed by atoms with Crippen LogP contribution in [0.4, 0.5) is 5.69 Å². The van der Waals surface area contributed by atoms with E-state index in [2.05, 4.69) is 13.0 Å². The lowest BCUT2D eigenvalue weighted by atomic mass is 10.0. The average Bonchev–Trinajstić information content (AvgIpc) is 2.16. The first kappa shape index (κ1) is 8.30. The molecule has 1 aliphatic heterocycles. The second kappa shape index (κ2) is 3.21. The first-order chi connectivity index (χ1) is 6.31. The van der Waals surface area contributed by atoms with Crippen molar-refractivity contribution in [1.82, 2.24) is 0 Å². The number of hydrogen-bond donors (Lipinski definition) is 0. The summed E-state index contributed by atoms with van der Waals surface area (Å²) in [4.78, 5) is 12.3. The maximum Gasteiger partial charge on any atom is 0.316 e. The summed E-state index contributed by atoms with van der Waals surface area (Å²) in [6.07, 6.45) is 4.09. The standard InChI is InChI=1S/C11H12NO/c1-9-4-5-11-10(7-9)3-2-6-12(11)8-13/h4-5,7H,2-3,6H2,1H3. The monoisotopic (exact) mass is 174 g/mol. The van der Waals surface area contributed by atoms with Crippen molar-refractivity contribution < 1.29 is 4.79 Å². The van der Waals surface area contributed by atoms with E-state index >= 15 is 0 Å². The zero-order valence-corrected chi connectivity index (χ0v) is 7.71. The lowest BCUT2D eigenvalue weighted by molar-refractivity contribution is 0.548. The van der Waals surface area contributed by atoms with Crippen LogP contribution in [-0.2, 0) is 11.2 Å². The first-order valence-electron chi connectivity index (χ1n) is 4.56. The predicted octanol–water partition coefficient (Wildman–Crippen LogP) is 1.81. The largest absolute Gasteiger partial charge is 0.316 e. The van der Waals surface area contributed by atoms with Gasteiger partial charge in [0.25, 0.3) is 0 Å². The molecule has 1 aromatic rings. The highest BCUT2D eigenvalue weighted by atomic mass is 16.1. The summed E-state index contributed by atoms with van der Waals surface area (Å²) in [6, 6.07) is 6.20. The molecule has 67 valence electrons. The van der Waals surface area contributed by atoms with Gasteiger partial charge in [0.2, 0.25) is 0 Å². The molecule has 0 aliphatic carbocycles. The topological polar surface area (TPSA) is 20.3 Å². The van der Waals surface area contributed by atoms with Gasteiger partial charge in [0, 0.05) is 12.2 Å². The van der Waals surface area contributed by atoms with E-state index in [9.17, 15) is 4.79 Å². The van der Waals surface area contributed by atoms with E-state index < -0.39 is 0 Å². The molecule has 1 amide bonds. The molecular formula is C11H12NO. The molecule has 1 aromatic carbocycles. The number of aryl methyl sites for hydroxylation is 2. The Kier molecular flexibility index (Phi) is 2.05. The van der Waals surface area contributed by atoms with Crippen molar-refractivity contribution in [1.29, 1.82) is 0 Å². The lowest BCUT2D eigenvalue weighted by Crippen LogP contribution is -2.27. The second-order valence-electron chi connectivity index (χ2n) is 3.48. The van der Waals surface area contributed by atoms with E-state index in [1.54, 1.807) is 4.90 Å². The van der Waals surface area contributed by atoms with Crippen molar-refractivity contribution in [2.45, 2.75) is 19.8 Å². The number of carbonyl (C=O) groups excluding carboxylic acids is 1. The molecule has 1 radical (unpaired) electrons. The molecule has 2 heteroatoms. The number of hydrogen-bond acceptors (Lipinski definition) is 1. The fourth-order valence-electron chi connectivity index (χ4n) is 1.82. The predicted molar refractivity (Wildman–Crippen MR) is 52.5 cm³/mol. The number of amides is 1. The zero-order valence-electron chi connectivity index (χ0n) is 7.71. The van der Waals surface area contributed by atoms with E-state index in [4.69, 9.17) is 0 Å². The summed E-state index contributed by atoms with van der Waals surface area (Å²) in [5, 5.41) is 0. The Labute approximate surface area is 78.2 Å². The van der Waals surface area contributed by atoms with Gasteiger partial charge in [-0.1, -0.05) is 17.7 Å². The Bertz CT molecular complexity index is 333. The van der Waals surface area contributed by atoms with Crippen molar-refractivity contribution in [2.24, 2.45) is 0 Å². The van der Waals surface area contributed by atoms with Crippen LogP contribution in [0.3, 0.4) is 0 Å². The number of anilines is 1. The minimum absolute atomic E-state index is 0.805. The Balaban J connectivity index is 2.45. The summed E-state index contributed by atoms with van der Waals surface area (Å²) in [7, 11) is 0. The molecule has 0 saturated carbocycles. The van der Waals surface area contributed by atoms with Gasteiger partial charge in [0.15, 0.2) is 0 Å². The molecule has 1 aliphatic rings. The Hall–Kier alpha value is -1.31. The maximum absolute atomic E-state index is 10.6. The molecule has 0 atom stereocenters. The third-order valence-electron chi connectivity index (χ3n) is 2.46. The van der Waals surface area contributed by atoms with Gasteiger partial charge in [-0.3, -0.25) is 4.79 Å². The zero-order chi connectivity index (χ0) is 9.26. The molecule has 0 saturated heterocycles. The molecule has 2 nitrogen and oxygen atoms in total. The van der Waals surface area contributed by atoms with Crippen molar-refractivity contribution in [3.8, 4) is 0 Å². The third kappa shape index (κ3) is 1.44. The Morgan fingerprint density at radius 2 is 2.31 bits per heavy atom. The van der Waals surface area contributed by atoms with Gasteiger partial charge in [-0.2, -0.15) is 0 Å². The summed E-state index contributed by atoms with van der Waals surface area (Å²) < 4.78 is 0. The normalized spacial score (nSPS) is 15.3.